The summed E-state index contributed by atoms with van der Waals surface area (Å²) in [6.45, 7) is 4.99. The van der Waals surface area contributed by atoms with E-state index in [2.05, 4.69) is 10.6 Å². The maximum Gasteiger partial charge on any atom is -0.00200 e. The summed E-state index contributed by atoms with van der Waals surface area (Å²) in [5, 5.41) is 7.15. The van der Waals surface area contributed by atoms with Crippen LogP contribution in [-0.2, 0) is 0 Å². The van der Waals surface area contributed by atoms with Crippen molar-refractivity contribution in [1.82, 2.24) is 10.6 Å². The maximum absolute atomic E-state index is 3.65. The van der Waals surface area contributed by atoms with Gasteiger partial charge in [0.15, 0.2) is 0 Å². The average molecular weight is 238 g/mol. The Labute approximate surface area is 107 Å². The molecule has 2 fully saturated rings. The lowest BCUT2D eigenvalue weighted by atomic mass is 9.87. The molecule has 1 aliphatic heterocycles. The fourth-order valence-electron chi connectivity index (χ4n) is 3.38. The molecular weight excluding hydrogens is 208 g/mol. The normalized spacial score (nSPS) is 27.2. The van der Waals surface area contributed by atoms with Crippen molar-refractivity contribution in [3.8, 4) is 0 Å². The Morgan fingerprint density at radius 3 is 2.24 bits per heavy atom. The monoisotopic (exact) mass is 238 g/mol. The van der Waals surface area contributed by atoms with Crippen molar-refractivity contribution < 1.29 is 0 Å². The van der Waals surface area contributed by atoms with E-state index in [1.807, 2.05) is 0 Å². The molecule has 2 heteroatoms. The fourth-order valence-corrected chi connectivity index (χ4v) is 3.38. The van der Waals surface area contributed by atoms with Gasteiger partial charge < -0.3 is 10.6 Å². The minimum Gasteiger partial charge on any atom is -0.317 e. The second-order valence-electron chi connectivity index (χ2n) is 6.04. The molecule has 2 aliphatic rings. The second kappa shape index (κ2) is 8.10. The van der Waals surface area contributed by atoms with Gasteiger partial charge in [0.1, 0.15) is 0 Å². The van der Waals surface area contributed by atoms with Gasteiger partial charge in [0.05, 0.1) is 0 Å². The molecule has 0 radical (unpaired) electrons. The molecule has 1 unspecified atom stereocenters. The minimum absolute atomic E-state index is 0.936. The third kappa shape index (κ3) is 5.39. The molecule has 17 heavy (non-hydrogen) atoms. The largest absolute Gasteiger partial charge is 0.317 e. The van der Waals surface area contributed by atoms with Gasteiger partial charge in [-0.15, -0.1) is 0 Å². The molecule has 1 aliphatic carbocycles. The SMILES string of the molecule is C1CCC(CCNCCC2CCCNC2)CC1. The molecule has 0 aromatic rings. The Bertz CT molecular complexity index is 161. The Kier molecular flexibility index (Phi) is 6.36. The van der Waals surface area contributed by atoms with Crippen molar-refractivity contribution in [2.24, 2.45) is 11.8 Å². The van der Waals surface area contributed by atoms with E-state index < -0.39 is 0 Å². The van der Waals surface area contributed by atoms with E-state index >= 15 is 0 Å². The van der Waals surface area contributed by atoms with Gasteiger partial charge in [-0.1, -0.05) is 32.1 Å². The molecule has 1 heterocycles. The van der Waals surface area contributed by atoms with Gasteiger partial charge in [-0.25, -0.2) is 0 Å². The smallest absolute Gasteiger partial charge is 0.00200 e. The van der Waals surface area contributed by atoms with E-state index in [9.17, 15) is 0 Å². The molecule has 0 spiro atoms. The number of hydrogen-bond acceptors (Lipinski definition) is 2. The third-order valence-electron chi connectivity index (χ3n) is 4.58. The number of nitrogens with one attached hydrogen (secondary N) is 2. The molecule has 0 amide bonds. The summed E-state index contributed by atoms with van der Waals surface area (Å²) in [5.74, 6) is 1.97. The number of hydrogen-bond donors (Lipinski definition) is 2. The van der Waals surface area contributed by atoms with Crippen LogP contribution < -0.4 is 10.6 Å². The molecule has 100 valence electrons. The minimum atomic E-state index is 0.936. The maximum atomic E-state index is 3.65. The van der Waals surface area contributed by atoms with Crippen LogP contribution in [0.1, 0.15) is 57.8 Å². The predicted molar refractivity (Wildman–Crippen MR) is 74.3 cm³/mol. The van der Waals surface area contributed by atoms with Gasteiger partial charge in [0.25, 0.3) is 0 Å². The van der Waals surface area contributed by atoms with E-state index in [1.54, 1.807) is 0 Å². The molecule has 2 nitrogen and oxygen atoms in total. The van der Waals surface area contributed by atoms with Gasteiger partial charge in [-0.05, 0) is 63.7 Å². The highest BCUT2D eigenvalue weighted by Gasteiger charge is 2.13. The number of rotatable bonds is 6. The van der Waals surface area contributed by atoms with Gasteiger partial charge in [0, 0.05) is 0 Å². The first-order valence-corrected chi connectivity index (χ1v) is 7.86. The quantitative estimate of drug-likeness (QED) is 0.695. The summed E-state index contributed by atoms with van der Waals surface area (Å²) >= 11 is 0. The Morgan fingerprint density at radius 2 is 1.53 bits per heavy atom. The van der Waals surface area contributed by atoms with Crippen LogP contribution >= 0.6 is 0 Å². The van der Waals surface area contributed by atoms with Crippen LogP contribution in [0.5, 0.6) is 0 Å². The van der Waals surface area contributed by atoms with Gasteiger partial charge in [0.2, 0.25) is 0 Å². The second-order valence-corrected chi connectivity index (χ2v) is 6.04. The zero-order valence-electron chi connectivity index (χ0n) is 11.3. The zero-order chi connectivity index (χ0) is 11.8. The van der Waals surface area contributed by atoms with Crippen LogP contribution in [-0.4, -0.2) is 26.2 Å². The topological polar surface area (TPSA) is 24.1 Å². The van der Waals surface area contributed by atoms with E-state index in [4.69, 9.17) is 0 Å². The lowest BCUT2D eigenvalue weighted by molar-refractivity contribution is 0.324. The van der Waals surface area contributed by atoms with Crippen molar-refractivity contribution in [2.75, 3.05) is 26.2 Å². The first-order valence-electron chi connectivity index (χ1n) is 7.86. The van der Waals surface area contributed by atoms with E-state index in [-0.39, 0.29) is 0 Å². The number of piperidine rings is 1. The summed E-state index contributed by atoms with van der Waals surface area (Å²) in [6, 6.07) is 0. The fraction of sp³-hybridized carbons (Fsp3) is 1.00. The summed E-state index contributed by atoms with van der Waals surface area (Å²) in [5.41, 5.74) is 0. The molecule has 1 saturated carbocycles. The molecule has 2 N–H and O–H groups in total. The van der Waals surface area contributed by atoms with Crippen LogP contribution in [0, 0.1) is 11.8 Å². The van der Waals surface area contributed by atoms with E-state index in [1.165, 1.54) is 84.0 Å². The van der Waals surface area contributed by atoms with Gasteiger partial charge in [-0.3, -0.25) is 0 Å². The Hall–Kier alpha value is -0.0800. The van der Waals surface area contributed by atoms with Crippen LogP contribution in [0.15, 0.2) is 0 Å². The predicted octanol–water partition coefficient (Wildman–Crippen LogP) is 2.94. The lowest BCUT2D eigenvalue weighted by Gasteiger charge is -2.23. The van der Waals surface area contributed by atoms with Crippen LogP contribution in [0.4, 0.5) is 0 Å². The van der Waals surface area contributed by atoms with Crippen molar-refractivity contribution in [1.29, 1.82) is 0 Å². The van der Waals surface area contributed by atoms with Crippen molar-refractivity contribution in [2.45, 2.75) is 57.8 Å². The standard InChI is InChI=1S/C15H30N2/c1-2-5-14(6-3-1)8-11-16-12-9-15-7-4-10-17-13-15/h14-17H,1-13H2. The highest BCUT2D eigenvalue weighted by molar-refractivity contribution is 4.70. The van der Waals surface area contributed by atoms with Crippen molar-refractivity contribution in [3.05, 3.63) is 0 Å². The highest BCUT2D eigenvalue weighted by Crippen LogP contribution is 2.25. The van der Waals surface area contributed by atoms with Crippen LogP contribution in [0.3, 0.4) is 0 Å². The molecular formula is C15H30N2. The van der Waals surface area contributed by atoms with Crippen molar-refractivity contribution >= 4 is 0 Å². The molecule has 1 atom stereocenters. The van der Waals surface area contributed by atoms with Crippen LogP contribution in [0.2, 0.25) is 0 Å². The zero-order valence-corrected chi connectivity index (χ0v) is 11.3. The van der Waals surface area contributed by atoms with Crippen molar-refractivity contribution in [3.63, 3.8) is 0 Å². The molecule has 1 saturated heterocycles. The van der Waals surface area contributed by atoms with E-state index in [0.29, 0.717) is 0 Å². The van der Waals surface area contributed by atoms with Gasteiger partial charge in [-0.2, -0.15) is 0 Å². The summed E-state index contributed by atoms with van der Waals surface area (Å²) in [4.78, 5) is 0. The lowest BCUT2D eigenvalue weighted by Crippen LogP contribution is -2.32. The molecule has 0 aromatic carbocycles. The first-order chi connectivity index (χ1) is 8.45. The summed E-state index contributed by atoms with van der Waals surface area (Å²) < 4.78 is 0. The summed E-state index contributed by atoms with van der Waals surface area (Å²) in [7, 11) is 0. The molecule has 2 rings (SSSR count). The molecule has 0 aromatic heterocycles. The summed E-state index contributed by atoms with van der Waals surface area (Å²) in [6.07, 6.45) is 13.1. The first kappa shape index (κ1) is 13.4. The third-order valence-corrected chi connectivity index (χ3v) is 4.58. The Morgan fingerprint density at radius 1 is 0.824 bits per heavy atom. The van der Waals surface area contributed by atoms with E-state index in [0.717, 1.165) is 11.8 Å². The average Bonchev–Trinajstić information content (AvgIpc) is 2.41. The Balaban J connectivity index is 1.42. The highest BCUT2D eigenvalue weighted by atomic mass is 14.9. The van der Waals surface area contributed by atoms with Gasteiger partial charge >= 0.3 is 0 Å². The van der Waals surface area contributed by atoms with Crippen LogP contribution in [0.25, 0.3) is 0 Å². The molecule has 0 bridgehead atoms.